The average molecular weight is 238 g/mol. The van der Waals surface area contributed by atoms with E-state index < -0.39 is 0 Å². The Labute approximate surface area is 100 Å². The zero-order chi connectivity index (χ0) is 11.5. The molecule has 0 saturated carbocycles. The number of carbonyl (C=O) groups excluding carboxylic acids is 1. The predicted octanol–water partition coefficient (Wildman–Crippen LogP) is 1.95. The van der Waals surface area contributed by atoms with E-state index in [0.717, 1.165) is 24.3 Å². The van der Waals surface area contributed by atoms with Crippen LogP contribution in [0.1, 0.15) is 29.4 Å². The summed E-state index contributed by atoms with van der Waals surface area (Å²) in [5.74, 6) is 0.705. The van der Waals surface area contributed by atoms with E-state index in [-0.39, 0.29) is 11.9 Å². The van der Waals surface area contributed by atoms with Crippen molar-refractivity contribution in [2.75, 3.05) is 13.1 Å². The summed E-state index contributed by atoms with van der Waals surface area (Å²) in [5.41, 5.74) is 5.99. The Balaban J connectivity index is 2.06. The van der Waals surface area contributed by atoms with Crippen molar-refractivity contribution in [2.24, 2.45) is 11.7 Å². The lowest BCUT2D eigenvalue weighted by Crippen LogP contribution is -2.49. The van der Waals surface area contributed by atoms with E-state index >= 15 is 0 Å². The zero-order valence-electron chi connectivity index (χ0n) is 9.56. The molecule has 0 radical (unpaired) electrons. The summed E-state index contributed by atoms with van der Waals surface area (Å²) in [4.78, 5) is 14.9. The molecule has 2 unspecified atom stereocenters. The topological polar surface area (TPSA) is 46.3 Å². The van der Waals surface area contributed by atoms with Gasteiger partial charge in [-0.3, -0.25) is 4.79 Å². The summed E-state index contributed by atoms with van der Waals surface area (Å²) >= 11 is 1.50. The van der Waals surface area contributed by atoms with Gasteiger partial charge in [-0.05, 0) is 23.8 Å². The van der Waals surface area contributed by atoms with Crippen LogP contribution in [-0.4, -0.2) is 29.9 Å². The molecule has 1 aromatic rings. The van der Waals surface area contributed by atoms with Gasteiger partial charge in [0.25, 0.3) is 5.91 Å². The van der Waals surface area contributed by atoms with Crippen LogP contribution in [0.3, 0.4) is 0 Å². The van der Waals surface area contributed by atoms with Crippen LogP contribution in [0.5, 0.6) is 0 Å². The Hall–Kier alpha value is -0.870. The molecule has 4 heteroatoms. The summed E-state index contributed by atoms with van der Waals surface area (Å²) < 4.78 is 0. The van der Waals surface area contributed by atoms with E-state index in [2.05, 4.69) is 6.92 Å². The van der Waals surface area contributed by atoms with Crippen molar-refractivity contribution >= 4 is 17.2 Å². The van der Waals surface area contributed by atoms with Crippen LogP contribution in [0.4, 0.5) is 0 Å². The van der Waals surface area contributed by atoms with E-state index in [1.165, 1.54) is 11.3 Å². The van der Waals surface area contributed by atoms with Gasteiger partial charge in [-0.15, -0.1) is 11.3 Å². The second kappa shape index (κ2) is 4.97. The quantitative estimate of drug-likeness (QED) is 0.856. The first-order chi connectivity index (χ1) is 7.70. The molecule has 88 valence electrons. The highest BCUT2D eigenvalue weighted by Crippen LogP contribution is 2.21. The van der Waals surface area contributed by atoms with E-state index in [4.69, 9.17) is 5.73 Å². The van der Waals surface area contributed by atoms with E-state index in [9.17, 15) is 4.79 Å². The maximum absolute atomic E-state index is 12.1. The van der Waals surface area contributed by atoms with E-state index in [1.807, 2.05) is 22.4 Å². The number of amides is 1. The SMILES string of the molecule is CCC1CC(N)CN(C(=O)c2cccs2)C1. The summed E-state index contributed by atoms with van der Waals surface area (Å²) in [6.07, 6.45) is 2.15. The summed E-state index contributed by atoms with van der Waals surface area (Å²) in [5, 5.41) is 1.94. The number of nitrogens with zero attached hydrogens (tertiary/aromatic N) is 1. The summed E-state index contributed by atoms with van der Waals surface area (Å²) in [6.45, 7) is 3.73. The maximum atomic E-state index is 12.1. The Morgan fingerprint density at radius 1 is 1.62 bits per heavy atom. The minimum atomic E-state index is 0.141. The Kier molecular flexibility index (Phi) is 3.61. The second-order valence-electron chi connectivity index (χ2n) is 4.46. The van der Waals surface area contributed by atoms with Crippen LogP contribution in [0, 0.1) is 5.92 Å². The van der Waals surface area contributed by atoms with Gasteiger partial charge in [-0.2, -0.15) is 0 Å². The molecule has 0 bridgehead atoms. The van der Waals surface area contributed by atoms with Crippen molar-refractivity contribution in [3.05, 3.63) is 22.4 Å². The number of piperidine rings is 1. The van der Waals surface area contributed by atoms with Gasteiger partial charge in [0, 0.05) is 19.1 Å². The molecule has 2 atom stereocenters. The summed E-state index contributed by atoms with van der Waals surface area (Å²) in [6, 6.07) is 3.94. The Morgan fingerprint density at radius 3 is 3.06 bits per heavy atom. The Morgan fingerprint density at radius 2 is 2.44 bits per heavy atom. The fourth-order valence-corrected chi connectivity index (χ4v) is 2.95. The predicted molar refractivity (Wildman–Crippen MR) is 66.6 cm³/mol. The largest absolute Gasteiger partial charge is 0.336 e. The molecule has 1 aromatic heterocycles. The molecular formula is C12H18N2OS. The molecule has 1 saturated heterocycles. The first kappa shape index (κ1) is 11.6. The van der Waals surface area contributed by atoms with Crippen molar-refractivity contribution in [3.63, 3.8) is 0 Å². The number of rotatable bonds is 2. The lowest BCUT2D eigenvalue weighted by molar-refractivity contribution is 0.0652. The highest BCUT2D eigenvalue weighted by Gasteiger charge is 2.27. The number of carbonyl (C=O) groups is 1. The minimum Gasteiger partial charge on any atom is -0.336 e. The first-order valence-electron chi connectivity index (χ1n) is 5.79. The van der Waals surface area contributed by atoms with E-state index in [1.54, 1.807) is 0 Å². The van der Waals surface area contributed by atoms with Gasteiger partial charge in [0.05, 0.1) is 4.88 Å². The average Bonchev–Trinajstić information content (AvgIpc) is 2.80. The number of thiophene rings is 1. The fourth-order valence-electron chi connectivity index (χ4n) is 2.26. The minimum absolute atomic E-state index is 0.141. The van der Waals surface area contributed by atoms with Gasteiger partial charge in [0.1, 0.15) is 0 Å². The van der Waals surface area contributed by atoms with Crippen LogP contribution in [0.15, 0.2) is 17.5 Å². The highest BCUT2D eigenvalue weighted by atomic mass is 32.1. The standard InChI is InChI=1S/C12H18N2OS/c1-2-9-6-10(13)8-14(7-9)12(15)11-4-3-5-16-11/h3-5,9-10H,2,6-8,13H2,1H3. The van der Waals surface area contributed by atoms with Gasteiger partial charge in [0.15, 0.2) is 0 Å². The van der Waals surface area contributed by atoms with Crippen LogP contribution < -0.4 is 5.73 Å². The molecule has 0 spiro atoms. The van der Waals surface area contributed by atoms with Gasteiger partial charge in [-0.25, -0.2) is 0 Å². The molecule has 0 aliphatic carbocycles. The molecule has 1 aliphatic rings. The third kappa shape index (κ3) is 2.44. The van der Waals surface area contributed by atoms with Crippen LogP contribution in [-0.2, 0) is 0 Å². The highest BCUT2D eigenvalue weighted by molar-refractivity contribution is 7.12. The number of hydrogen-bond acceptors (Lipinski definition) is 3. The van der Waals surface area contributed by atoms with Crippen molar-refractivity contribution in [1.82, 2.24) is 4.90 Å². The Bertz CT molecular complexity index is 350. The fraction of sp³-hybridized carbons (Fsp3) is 0.583. The number of nitrogens with two attached hydrogens (primary N) is 1. The third-order valence-corrected chi connectivity index (χ3v) is 4.02. The number of likely N-dealkylation sites (tertiary alicyclic amines) is 1. The second-order valence-corrected chi connectivity index (χ2v) is 5.41. The summed E-state index contributed by atoms with van der Waals surface area (Å²) in [7, 11) is 0. The third-order valence-electron chi connectivity index (χ3n) is 3.17. The maximum Gasteiger partial charge on any atom is 0.263 e. The molecule has 1 fully saturated rings. The lowest BCUT2D eigenvalue weighted by Gasteiger charge is -2.35. The smallest absolute Gasteiger partial charge is 0.263 e. The van der Waals surface area contributed by atoms with Crippen LogP contribution in [0.25, 0.3) is 0 Å². The molecule has 1 amide bonds. The first-order valence-corrected chi connectivity index (χ1v) is 6.67. The number of hydrogen-bond donors (Lipinski definition) is 1. The van der Waals surface area contributed by atoms with Crippen molar-refractivity contribution < 1.29 is 4.79 Å². The molecule has 0 aromatic carbocycles. The molecule has 2 heterocycles. The molecule has 2 N–H and O–H groups in total. The molecular weight excluding hydrogens is 220 g/mol. The van der Waals surface area contributed by atoms with Gasteiger partial charge in [-0.1, -0.05) is 19.4 Å². The zero-order valence-corrected chi connectivity index (χ0v) is 10.4. The van der Waals surface area contributed by atoms with Crippen molar-refractivity contribution in [2.45, 2.75) is 25.8 Å². The molecule has 3 nitrogen and oxygen atoms in total. The lowest BCUT2D eigenvalue weighted by atomic mass is 9.92. The van der Waals surface area contributed by atoms with Crippen LogP contribution in [0.2, 0.25) is 0 Å². The van der Waals surface area contributed by atoms with Gasteiger partial charge >= 0.3 is 0 Å². The van der Waals surface area contributed by atoms with Crippen molar-refractivity contribution in [3.8, 4) is 0 Å². The molecule has 1 aliphatic heterocycles. The van der Waals surface area contributed by atoms with E-state index in [0.29, 0.717) is 12.5 Å². The molecule has 16 heavy (non-hydrogen) atoms. The normalized spacial score (nSPS) is 25.8. The monoisotopic (exact) mass is 238 g/mol. The van der Waals surface area contributed by atoms with Crippen molar-refractivity contribution in [1.29, 1.82) is 0 Å². The van der Waals surface area contributed by atoms with Crippen LogP contribution >= 0.6 is 11.3 Å². The van der Waals surface area contributed by atoms with Gasteiger partial charge < -0.3 is 10.6 Å². The van der Waals surface area contributed by atoms with Gasteiger partial charge in [0.2, 0.25) is 0 Å². The molecule has 2 rings (SSSR count).